The highest BCUT2D eigenvalue weighted by Crippen LogP contribution is 2.72. The van der Waals surface area contributed by atoms with Gasteiger partial charge in [0.25, 0.3) is 0 Å². The summed E-state index contributed by atoms with van der Waals surface area (Å²) in [6.45, 7) is 16.0. The third-order valence-electron chi connectivity index (χ3n) is 12.2. The van der Waals surface area contributed by atoms with Crippen LogP contribution in [0.5, 0.6) is 0 Å². The minimum absolute atomic E-state index is 0.0397. The van der Waals surface area contributed by atoms with Gasteiger partial charge in [-0.15, -0.1) is 0 Å². The third-order valence-corrected chi connectivity index (χ3v) is 12.2. The lowest BCUT2D eigenvalue weighted by Crippen LogP contribution is -2.62. The lowest BCUT2D eigenvalue weighted by atomic mass is 9.37. The number of aliphatic hydroxyl groups is 1. The van der Waals surface area contributed by atoms with Gasteiger partial charge in [-0.3, -0.25) is 9.59 Å². The fourth-order valence-corrected chi connectivity index (χ4v) is 10.9. The topological polar surface area (TPSA) is 54.4 Å². The van der Waals surface area contributed by atoms with E-state index in [9.17, 15) is 14.7 Å². The van der Waals surface area contributed by atoms with Gasteiger partial charge in [0.15, 0.2) is 12.1 Å². The molecule has 0 aromatic heterocycles. The normalized spacial score (nSPS) is 50.4. The van der Waals surface area contributed by atoms with Crippen LogP contribution < -0.4 is 0 Å². The first-order valence-corrected chi connectivity index (χ1v) is 13.5. The molecule has 1 unspecified atom stereocenters. The van der Waals surface area contributed by atoms with Gasteiger partial charge in [0.2, 0.25) is 0 Å². The molecular formula is C30H44O3. The van der Waals surface area contributed by atoms with E-state index < -0.39 is 5.41 Å². The van der Waals surface area contributed by atoms with Crippen molar-refractivity contribution in [3.05, 3.63) is 23.8 Å². The second kappa shape index (κ2) is 7.39. The minimum atomic E-state index is -0.479. The maximum Gasteiger partial charge on any atom is 0.171 e. The molecule has 0 bridgehead atoms. The van der Waals surface area contributed by atoms with Crippen molar-refractivity contribution in [1.29, 1.82) is 0 Å². The molecule has 9 atom stereocenters. The van der Waals surface area contributed by atoms with Crippen molar-refractivity contribution in [1.82, 2.24) is 0 Å². The van der Waals surface area contributed by atoms with Crippen molar-refractivity contribution in [3.8, 4) is 0 Å². The monoisotopic (exact) mass is 452 g/mol. The molecule has 182 valence electrons. The lowest BCUT2D eigenvalue weighted by Gasteiger charge is -2.67. The Kier molecular flexibility index (Phi) is 5.27. The number of hydrogen-bond donors (Lipinski definition) is 1. The molecule has 0 aliphatic heterocycles. The quantitative estimate of drug-likeness (QED) is 0.317. The molecular weight excluding hydrogens is 408 g/mol. The zero-order valence-electron chi connectivity index (χ0n) is 21.5. The van der Waals surface area contributed by atoms with Crippen molar-refractivity contribution in [3.63, 3.8) is 0 Å². The van der Waals surface area contributed by atoms with Gasteiger partial charge in [0, 0.05) is 12.0 Å². The summed E-state index contributed by atoms with van der Waals surface area (Å²) < 4.78 is 0. The summed E-state index contributed by atoms with van der Waals surface area (Å²) in [6, 6.07) is 0. The van der Waals surface area contributed by atoms with E-state index in [-0.39, 0.29) is 22.0 Å². The number of rotatable bonds is 3. The van der Waals surface area contributed by atoms with Crippen LogP contribution >= 0.6 is 0 Å². The van der Waals surface area contributed by atoms with Crippen LogP contribution in [0.25, 0.3) is 0 Å². The van der Waals surface area contributed by atoms with Crippen LogP contribution in [-0.2, 0) is 9.59 Å². The van der Waals surface area contributed by atoms with Crippen LogP contribution in [0.15, 0.2) is 23.8 Å². The molecule has 5 rings (SSSR count). The average Bonchev–Trinajstić information content (AvgIpc) is 3.17. The highest BCUT2D eigenvalue weighted by molar-refractivity contribution is 6.15. The zero-order valence-corrected chi connectivity index (χ0v) is 21.5. The number of ketones is 1. The van der Waals surface area contributed by atoms with Gasteiger partial charge >= 0.3 is 0 Å². The minimum Gasteiger partial charge on any atom is -0.396 e. The molecule has 4 saturated carbocycles. The summed E-state index contributed by atoms with van der Waals surface area (Å²) in [5, 5.41) is 10.6. The van der Waals surface area contributed by atoms with Crippen molar-refractivity contribution >= 4 is 12.1 Å². The Balaban J connectivity index is 1.56. The van der Waals surface area contributed by atoms with Crippen molar-refractivity contribution < 1.29 is 14.7 Å². The summed E-state index contributed by atoms with van der Waals surface area (Å²) >= 11 is 0. The second-order valence-corrected chi connectivity index (χ2v) is 13.7. The van der Waals surface area contributed by atoms with E-state index in [0.717, 1.165) is 25.5 Å². The van der Waals surface area contributed by atoms with E-state index in [1.54, 1.807) is 0 Å². The number of allylic oxidation sites excluding steroid dienone is 3. The van der Waals surface area contributed by atoms with Gasteiger partial charge in [-0.1, -0.05) is 45.9 Å². The summed E-state index contributed by atoms with van der Waals surface area (Å²) in [7, 11) is 0. The van der Waals surface area contributed by atoms with Crippen LogP contribution in [0.4, 0.5) is 0 Å². The number of carbonyl (C=O) groups excluding carboxylic acids is 2. The van der Waals surface area contributed by atoms with E-state index in [1.807, 2.05) is 0 Å². The maximum absolute atomic E-state index is 13.1. The van der Waals surface area contributed by atoms with Crippen LogP contribution in [0.1, 0.15) is 86.0 Å². The second-order valence-electron chi connectivity index (χ2n) is 13.7. The largest absolute Gasteiger partial charge is 0.396 e. The van der Waals surface area contributed by atoms with Crippen LogP contribution in [0.2, 0.25) is 0 Å². The predicted molar refractivity (Wildman–Crippen MR) is 131 cm³/mol. The summed E-state index contributed by atoms with van der Waals surface area (Å²) in [4.78, 5) is 25.0. The van der Waals surface area contributed by atoms with E-state index in [1.165, 1.54) is 37.7 Å². The lowest BCUT2D eigenvalue weighted by molar-refractivity contribution is -0.179. The van der Waals surface area contributed by atoms with Gasteiger partial charge in [0.05, 0.1) is 5.57 Å². The van der Waals surface area contributed by atoms with Crippen molar-refractivity contribution in [2.75, 3.05) is 6.61 Å². The van der Waals surface area contributed by atoms with Crippen molar-refractivity contribution in [2.45, 2.75) is 86.0 Å². The zero-order chi connectivity index (χ0) is 24.0. The molecule has 3 nitrogen and oxygen atoms in total. The molecule has 0 aromatic carbocycles. The molecule has 0 heterocycles. The van der Waals surface area contributed by atoms with E-state index in [4.69, 9.17) is 0 Å². The molecule has 1 N–H and O–H groups in total. The Morgan fingerprint density at radius 1 is 1.06 bits per heavy atom. The predicted octanol–water partition coefficient (Wildman–Crippen LogP) is 6.16. The van der Waals surface area contributed by atoms with Crippen LogP contribution in [0, 0.1) is 57.2 Å². The molecule has 0 saturated heterocycles. The molecule has 3 heteroatoms. The smallest absolute Gasteiger partial charge is 0.171 e. The SMILES string of the molecule is C=C(C)[C@@H]1CC[C@]2(CO)CCC3[C@H](CC[C@@H]4[C@@]5(C)C=C(C=O)C(=O)C(C)(C)[C@@H]5CC[C@@]34C)[C@@H]12. The Labute approximate surface area is 200 Å². The number of aldehydes is 1. The average molecular weight is 453 g/mol. The molecule has 0 spiro atoms. The van der Waals surface area contributed by atoms with Gasteiger partial charge in [-0.05, 0) is 110 Å². The number of hydrogen-bond acceptors (Lipinski definition) is 3. The molecule has 5 aliphatic rings. The number of carbonyl (C=O) groups is 2. The summed E-state index contributed by atoms with van der Waals surface area (Å²) in [5.74, 6) is 3.26. The third kappa shape index (κ3) is 2.90. The Morgan fingerprint density at radius 3 is 2.39 bits per heavy atom. The Morgan fingerprint density at radius 2 is 1.76 bits per heavy atom. The van der Waals surface area contributed by atoms with E-state index in [0.29, 0.717) is 47.7 Å². The molecule has 4 fully saturated rings. The summed E-state index contributed by atoms with van der Waals surface area (Å²) in [6.07, 6.45) is 12.2. The first-order valence-electron chi connectivity index (χ1n) is 13.5. The number of fused-ring (bicyclic) bond motifs is 7. The van der Waals surface area contributed by atoms with Crippen molar-refractivity contribution in [2.24, 2.45) is 57.2 Å². The standard InChI is InChI=1S/C30H44O3/c1-18(2)20-9-13-30(17-32)14-10-22-21(25(20)30)7-8-24-28(22,5)12-11-23-27(3,4)26(33)19(16-31)15-29(23,24)6/h15-16,20-25,32H,1,7-14,17H2,2-6H3/t20-,21-,22?,23-,24-,25+,28-,29-,30+/m0/s1. The van der Waals surface area contributed by atoms with Crippen LogP contribution in [0.3, 0.4) is 0 Å². The molecule has 0 radical (unpaired) electrons. The Bertz CT molecular complexity index is 914. The molecule has 0 amide bonds. The van der Waals surface area contributed by atoms with Gasteiger partial charge < -0.3 is 5.11 Å². The summed E-state index contributed by atoms with van der Waals surface area (Å²) in [5.41, 5.74) is 1.45. The number of aliphatic hydroxyl groups excluding tert-OH is 1. The Hall–Kier alpha value is -1.22. The van der Waals surface area contributed by atoms with E-state index >= 15 is 0 Å². The highest BCUT2D eigenvalue weighted by Gasteiger charge is 2.67. The van der Waals surface area contributed by atoms with Gasteiger partial charge in [-0.25, -0.2) is 0 Å². The van der Waals surface area contributed by atoms with Crippen LogP contribution in [-0.4, -0.2) is 23.8 Å². The maximum atomic E-state index is 13.1. The molecule has 0 aromatic rings. The number of Topliss-reactive ketones (excluding diaryl/α,β-unsaturated/α-hetero) is 1. The van der Waals surface area contributed by atoms with E-state index in [2.05, 4.69) is 47.3 Å². The highest BCUT2D eigenvalue weighted by atomic mass is 16.3. The fourth-order valence-electron chi connectivity index (χ4n) is 10.9. The van der Waals surface area contributed by atoms with Gasteiger partial charge in [0.1, 0.15) is 0 Å². The first-order chi connectivity index (χ1) is 15.5. The fraction of sp³-hybridized carbons (Fsp3) is 0.800. The van der Waals surface area contributed by atoms with Gasteiger partial charge in [-0.2, -0.15) is 0 Å². The molecule has 5 aliphatic carbocycles. The first kappa shape index (κ1) is 23.5. The molecule has 33 heavy (non-hydrogen) atoms.